The van der Waals surface area contributed by atoms with Crippen molar-refractivity contribution < 1.29 is 9.32 Å². The number of carbonyl (C=O) groups excluding carboxylic acids is 1. The molecule has 2 aromatic heterocycles. The summed E-state index contributed by atoms with van der Waals surface area (Å²) in [6.07, 6.45) is 3.67. The highest BCUT2D eigenvalue weighted by Crippen LogP contribution is 2.26. The fraction of sp³-hybridized carbons (Fsp3) is 0.476. The van der Waals surface area contributed by atoms with E-state index in [4.69, 9.17) is 4.52 Å². The number of aromatic nitrogens is 5. The summed E-state index contributed by atoms with van der Waals surface area (Å²) in [6.45, 7) is 9.62. The third-order valence-electron chi connectivity index (χ3n) is 5.31. The van der Waals surface area contributed by atoms with Crippen LogP contribution in [0.1, 0.15) is 61.4 Å². The van der Waals surface area contributed by atoms with Gasteiger partial charge in [-0.2, -0.15) is 4.98 Å². The molecular weight excluding hydrogens is 368 g/mol. The van der Waals surface area contributed by atoms with E-state index >= 15 is 0 Å². The smallest absolute Gasteiger partial charge is 0.280 e. The molecule has 0 bridgehead atoms. The molecule has 152 valence electrons. The van der Waals surface area contributed by atoms with Crippen molar-refractivity contribution in [3.8, 4) is 11.6 Å². The summed E-state index contributed by atoms with van der Waals surface area (Å²) in [6, 6.07) is 8.03. The first-order valence-electron chi connectivity index (χ1n) is 9.93. The zero-order valence-corrected chi connectivity index (χ0v) is 17.3. The lowest BCUT2D eigenvalue weighted by molar-refractivity contribution is 0.0672. The fourth-order valence-corrected chi connectivity index (χ4v) is 3.60. The molecule has 0 aliphatic carbocycles. The van der Waals surface area contributed by atoms with Gasteiger partial charge in [0.15, 0.2) is 11.5 Å². The van der Waals surface area contributed by atoms with Crippen LogP contribution in [0.4, 0.5) is 0 Å². The van der Waals surface area contributed by atoms with Crippen LogP contribution >= 0.6 is 0 Å². The van der Waals surface area contributed by atoms with Gasteiger partial charge >= 0.3 is 0 Å². The second-order valence-corrected chi connectivity index (χ2v) is 8.61. The van der Waals surface area contributed by atoms with E-state index in [1.807, 2.05) is 35.4 Å². The Morgan fingerprint density at radius 1 is 1.21 bits per heavy atom. The lowest BCUT2D eigenvalue weighted by Crippen LogP contribution is -2.40. The van der Waals surface area contributed by atoms with Crippen LogP contribution in [-0.2, 0) is 5.41 Å². The van der Waals surface area contributed by atoms with Crippen molar-refractivity contribution in [2.45, 2.75) is 52.0 Å². The molecule has 1 aliphatic rings. The molecular formula is C21H26N6O2. The average Bonchev–Trinajstić information content (AvgIpc) is 3.36. The number of benzene rings is 1. The van der Waals surface area contributed by atoms with Crippen LogP contribution in [0.5, 0.6) is 0 Å². The number of hydrogen-bond acceptors (Lipinski definition) is 6. The molecule has 3 heterocycles. The normalized spacial score (nSPS) is 17.5. The Bertz CT molecular complexity index is 999. The summed E-state index contributed by atoms with van der Waals surface area (Å²) < 4.78 is 6.96. The molecule has 0 N–H and O–H groups in total. The van der Waals surface area contributed by atoms with Crippen molar-refractivity contribution in [2.75, 3.05) is 13.1 Å². The third-order valence-corrected chi connectivity index (χ3v) is 5.31. The molecule has 3 aromatic rings. The monoisotopic (exact) mass is 394 g/mol. The minimum atomic E-state index is 0.0584. The van der Waals surface area contributed by atoms with Crippen molar-refractivity contribution >= 4 is 5.91 Å². The quantitative estimate of drug-likeness (QED) is 0.676. The van der Waals surface area contributed by atoms with E-state index in [2.05, 4.69) is 41.2 Å². The van der Waals surface area contributed by atoms with Crippen LogP contribution < -0.4 is 0 Å². The first-order chi connectivity index (χ1) is 13.8. The number of aryl methyl sites for hydroxylation is 1. The number of nitrogens with zero attached hydrogens (tertiary/aromatic N) is 6. The van der Waals surface area contributed by atoms with Crippen LogP contribution in [0.25, 0.3) is 11.6 Å². The van der Waals surface area contributed by atoms with Gasteiger partial charge in [0, 0.05) is 18.7 Å². The summed E-state index contributed by atoms with van der Waals surface area (Å²) >= 11 is 0. The van der Waals surface area contributed by atoms with Gasteiger partial charge < -0.3 is 9.42 Å². The molecule has 1 aromatic carbocycles. The lowest BCUT2D eigenvalue weighted by Gasteiger charge is -2.32. The maximum Gasteiger partial charge on any atom is 0.280 e. The number of amides is 1. The highest BCUT2D eigenvalue weighted by Gasteiger charge is 2.27. The zero-order chi connectivity index (χ0) is 20.6. The minimum absolute atomic E-state index is 0.0584. The van der Waals surface area contributed by atoms with Crippen molar-refractivity contribution in [2.24, 2.45) is 0 Å². The van der Waals surface area contributed by atoms with Gasteiger partial charge in [-0.05, 0) is 42.9 Å². The van der Waals surface area contributed by atoms with E-state index in [1.165, 1.54) is 5.56 Å². The predicted molar refractivity (Wildman–Crippen MR) is 107 cm³/mol. The predicted octanol–water partition coefficient (Wildman–Crippen LogP) is 3.41. The summed E-state index contributed by atoms with van der Waals surface area (Å²) in [5.41, 5.74) is 2.56. The van der Waals surface area contributed by atoms with Gasteiger partial charge in [0.05, 0.1) is 12.2 Å². The van der Waals surface area contributed by atoms with Crippen LogP contribution in [0.15, 0.2) is 35.0 Å². The molecule has 1 fully saturated rings. The van der Waals surface area contributed by atoms with Crippen molar-refractivity contribution in [3.05, 3.63) is 47.4 Å². The van der Waals surface area contributed by atoms with Crippen molar-refractivity contribution in [1.29, 1.82) is 0 Å². The number of carbonyl (C=O) groups is 1. The number of hydrogen-bond donors (Lipinski definition) is 0. The number of piperidine rings is 1. The molecule has 0 spiro atoms. The highest BCUT2D eigenvalue weighted by atomic mass is 16.5. The van der Waals surface area contributed by atoms with E-state index in [0.29, 0.717) is 24.0 Å². The number of rotatable bonds is 3. The Hall–Kier alpha value is -3.03. The van der Waals surface area contributed by atoms with Gasteiger partial charge in [-0.3, -0.25) is 4.79 Å². The fourth-order valence-electron chi connectivity index (χ4n) is 3.60. The molecule has 8 nitrogen and oxygen atoms in total. The van der Waals surface area contributed by atoms with Gasteiger partial charge in [-0.25, -0.2) is 4.68 Å². The standard InChI is InChI=1S/C21H26N6O2/c1-14-22-19(29-24-14)18-13-27(25-23-18)17-6-5-11-26(12-17)20(28)15-7-9-16(10-8-15)21(2,3)4/h7-10,13,17H,5-6,11-12H2,1-4H3. The first-order valence-corrected chi connectivity index (χ1v) is 9.93. The second kappa shape index (κ2) is 7.42. The molecule has 1 atom stereocenters. The molecule has 1 saturated heterocycles. The van der Waals surface area contributed by atoms with E-state index in [1.54, 1.807) is 11.6 Å². The van der Waals surface area contributed by atoms with Gasteiger partial charge in [-0.1, -0.05) is 43.3 Å². The Morgan fingerprint density at radius 3 is 2.62 bits per heavy atom. The molecule has 1 aliphatic heterocycles. The topological polar surface area (TPSA) is 89.9 Å². The maximum absolute atomic E-state index is 13.0. The van der Waals surface area contributed by atoms with E-state index < -0.39 is 0 Å². The highest BCUT2D eigenvalue weighted by molar-refractivity contribution is 5.94. The first kappa shape index (κ1) is 19.3. The third kappa shape index (κ3) is 4.06. The largest absolute Gasteiger partial charge is 0.337 e. The second-order valence-electron chi connectivity index (χ2n) is 8.61. The van der Waals surface area contributed by atoms with Crippen molar-refractivity contribution in [3.63, 3.8) is 0 Å². The molecule has 0 radical (unpaired) electrons. The van der Waals surface area contributed by atoms with E-state index in [-0.39, 0.29) is 17.4 Å². The Kier molecular flexibility index (Phi) is 4.94. The maximum atomic E-state index is 13.0. The molecule has 0 saturated carbocycles. The summed E-state index contributed by atoms with van der Waals surface area (Å²) in [4.78, 5) is 19.1. The minimum Gasteiger partial charge on any atom is -0.337 e. The summed E-state index contributed by atoms with van der Waals surface area (Å²) in [7, 11) is 0. The van der Waals surface area contributed by atoms with Crippen LogP contribution in [0, 0.1) is 6.92 Å². The van der Waals surface area contributed by atoms with Gasteiger partial charge in [0.1, 0.15) is 0 Å². The lowest BCUT2D eigenvalue weighted by atomic mass is 9.86. The van der Waals surface area contributed by atoms with Crippen LogP contribution in [0.3, 0.4) is 0 Å². The molecule has 29 heavy (non-hydrogen) atoms. The number of likely N-dealkylation sites (tertiary alicyclic amines) is 1. The van der Waals surface area contributed by atoms with E-state index in [0.717, 1.165) is 24.9 Å². The van der Waals surface area contributed by atoms with Gasteiger partial charge in [-0.15, -0.1) is 5.10 Å². The molecule has 1 unspecified atom stereocenters. The van der Waals surface area contributed by atoms with Crippen LogP contribution in [0.2, 0.25) is 0 Å². The van der Waals surface area contributed by atoms with Crippen LogP contribution in [-0.4, -0.2) is 49.0 Å². The molecule has 8 heteroatoms. The summed E-state index contributed by atoms with van der Waals surface area (Å²) in [5.74, 6) is 0.973. The van der Waals surface area contributed by atoms with Gasteiger partial charge in [0.25, 0.3) is 11.8 Å². The molecule has 4 rings (SSSR count). The average molecular weight is 394 g/mol. The van der Waals surface area contributed by atoms with Gasteiger partial charge in [0.2, 0.25) is 0 Å². The Morgan fingerprint density at radius 2 is 1.97 bits per heavy atom. The van der Waals surface area contributed by atoms with Crippen molar-refractivity contribution in [1.82, 2.24) is 30.0 Å². The summed E-state index contributed by atoms with van der Waals surface area (Å²) in [5, 5.41) is 12.2. The zero-order valence-electron chi connectivity index (χ0n) is 17.3. The Labute approximate surface area is 169 Å². The Balaban J connectivity index is 1.47. The SMILES string of the molecule is Cc1noc(-c2cn(C3CCCN(C(=O)c4ccc(C(C)(C)C)cc4)C3)nn2)n1. The molecule has 1 amide bonds. The van der Waals surface area contributed by atoms with E-state index in [9.17, 15) is 4.79 Å².